The zero-order chi connectivity index (χ0) is 21.2. The summed E-state index contributed by atoms with van der Waals surface area (Å²) < 4.78 is 11.1. The molecule has 30 heavy (non-hydrogen) atoms. The molecule has 1 unspecified atom stereocenters. The van der Waals surface area contributed by atoms with Crippen molar-refractivity contribution < 1.29 is 14.3 Å². The number of hydrogen-bond acceptors (Lipinski definition) is 4. The highest BCUT2D eigenvalue weighted by Gasteiger charge is 2.26. The van der Waals surface area contributed by atoms with E-state index >= 15 is 0 Å². The van der Waals surface area contributed by atoms with Gasteiger partial charge in [0, 0.05) is 13.1 Å². The Bertz CT molecular complexity index is 831. The summed E-state index contributed by atoms with van der Waals surface area (Å²) in [4.78, 5) is 14.3. The first-order valence-corrected chi connectivity index (χ1v) is 11.0. The van der Waals surface area contributed by atoms with E-state index in [-0.39, 0.29) is 11.9 Å². The van der Waals surface area contributed by atoms with Crippen molar-refractivity contribution in [3.63, 3.8) is 0 Å². The van der Waals surface area contributed by atoms with E-state index in [9.17, 15) is 4.79 Å². The molecule has 1 aliphatic heterocycles. The topological polar surface area (TPSA) is 38.8 Å². The van der Waals surface area contributed by atoms with Gasteiger partial charge in [0.25, 0.3) is 0 Å². The summed E-state index contributed by atoms with van der Waals surface area (Å²) >= 11 is 0. The summed E-state index contributed by atoms with van der Waals surface area (Å²) in [6.07, 6.45) is 4.14. The second-order valence-corrected chi connectivity index (χ2v) is 7.77. The van der Waals surface area contributed by atoms with Crippen molar-refractivity contribution in [2.24, 2.45) is 5.92 Å². The summed E-state index contributed by atoms with van der Waals surface area (Å²) in [5.74, 6) is -0.0545. The van der Waals surface area contributed by atoms with Gasteiger partial charge in [-0.05, 0) is 55.5 Å². The van der Waals surface area contributed by atoms with E-state index in [1.165, 1.54) is 22.3 Å². The monoisotopic (exact) mass is 407 g/mol. The van der Waals surface area contributed by atoms with Gasteiger partial charge < -0.3 is 14.4 Å². The average molecular weight is 408 g/mol. The molecule has 0 aromatic heterocycles. The lowest BCUT2D eigenvalue weighted by atomic mass is 9.94. The number of aryl methyl sites for hydroxylation is 1. The number of nitrogens with zero attached hydrogens (tertiary/aromatic N) is 1. The quantitative estimate of drug-likeness (QED) is 0.445. The first kappa shape index (κ1) is 22.3. The van der Waals surface area contributed by atoms with Gasteiger partial charge in [0.1, 0.15) is 0 Å². The van der Waals surface area contributed by atoms with Crippen LogP contribution in [-0.4, -0.2) is 50.3 Å². The Hall–Kier alpha value is -2.43. The molecule has 0 bridgehead atoms. The van der Waals surface area contributed by atoms with Gasteiger partial charge in [-0.15, -0.1) is 0 Å². The lowest BCUT2D eigenvalue weighted by Gasteiger charge is -2.31. The first-order valence-electron chi connectivity index (χ1n) is 11.0. The third-order valence-corrected chi connectivity index (χ3v) is 5.60. The molecule has 0 saturated carbocycles. The fourth-order valence-corrected chi connectivity index (χ4v) is 4.01. The molecule has 1 heterocycles. The van der Waals surface area contributed by atoms with Crippen molar-refractivity contribution in [1.29, 1.82) is 0 Å². The lowest BCUT2D eigenvalue weighted by molar-refractivity contribution is -0.150. The van der Waals surface area contributed by atoms with Crippen molar-refractivity contribution in [2.45, 2.75) is 26.7 Å². The predicted molar refractivity (Wildman–Crippen MR) is 121 cm³/mol. The van der Waals surface area contributed by atoms with Crippen LogP contribution in [0.5, 0.6) is 0 Å². The Morgan fingerprint density at radius 2 is 1.90 bits per heavy atom. The number of hydrogen-bond donors (Lipinski definition) is 0. The van der Waals surface area contributed by atoms with E-state index in [1.807, 2.05) is 13.0 Å². The zero-order valence-corrected chi connectivity index (χ0v) is 18.2. The Kier molecular flexibility index (Phi) is 8.66. The standard InChI is InChI=1S/C26H33NO3/c1-3-30-26(28)23-13-9-16-27(20-23)17-19-29-18-15-25(22-11-5-4-6-12-22)24-14-8-7-10-21(24)2/h4-8,10-12,14-15,23H,3,9,13,16-20H2,1-2H3/b25-15-. The van der Waals surface area contributed by atoms with Gasteiger partial charge in [-0.2, -0.15) is 0 Å². The van der Waals surface area contributed by atoms with Gasteiger partial charge in [0.05, 0.1) is 25.7 Å². The molecular formula is C26H33NO3. The highest BCUT2D eigenvalue weighted by Crippen LogP contribution is 2.26. The third kappa shape index (κ3) is 6.28. The Morgan fingerprint density at radius 3 is 2.67 bits per heavy atom. The van der Waals surface area contributed by atoms with Gasteiger partial charge in [-0.1, -0.05) is 60.7 Å². The molecule has 0 radical (unpaired) electrons. The van der Waals surface area contributed by atoms with Gasteiger partial charge >= 0.3 is 5.97 Å². The Morgan fingerprint density at radius 1 is 1.13 bits per heavy atom. The molecule has 1 atom stereocenters. The largest absolute Gasteiger partial charge is 0.466 e. The highest BCUT2D eigenvalue weighted by atomic mass is 16.5. The number of benzene rings is 2. The van der Waals surface area contributed by atoms with Crippen molar-refractivity contribution in [2.75, 3.05) is 39.5 Å². The summed E-state index contributed by atoms with van der Waals surface area (Å²) in [7, 11) is 0. The zero-order valence-electron chi connectivity index (χ0n) is 18.2. The van der Waals surface area contributed by atoms with Crippen LogP contribution >= 0.6 is 0 Å². The molecule has 160 valence electrons. The Balaban J connectivity index is 1.55. The minimum absolute atomic E-state index is 0.00401. The first-order chi connectivity index (χ1) is 14.7. The van der Waals surface area contributed by atoms with Crippen LogP contribution in [0.15, 0.2) is 60.7 Å². The van der Waals surface area contributed by atoms with Crippen LogP contribution in [0.4, 0.5) is 0 Å². The molecular weight excluding hydrogens is 374 g/mol. The van der Waals surface area contributed by atoms with E-state index in [0.717, 1.165) is 32.5 Å². The van der Waals surface area contributed by atoms with Crippen LogP contribution in [0.25, 0.3) is 5.57 Å². The maximum atomic E-state index is 12.0. The second kappa shape index (κ2) is 11.7. The molecule has 4 heteroatoms. The molecule has 0 N–H and O–H groups in total. The fraction of sp³-hybridized carbons (Fsp3) is 0.423. The molecule has 0 amide bonds. The van der Waals surface area contributed by atoms with Crippen molar-refractivity contribution in [3.8, 4) is 0 Å². The second-order valence-electron chi connectivity index (χ2n) is 7.77. The predicted octanol–water partition coefficient (Wildman–Crippen LogP) is 4.72. The van der Waals surface area contributed by atoms with Gasteiger partial charge in [0.2, 0.25) is 0 Å². The van der Waals surface area contributed by atoms with E-state index in [0.29, 0.717) is 19.8 Å². The maximum Gasteiger partial charge on any atom is 0.310 e. The molecule has 1 fully saturated rings. The number of carbonyl (C=O) groups is 1. The van der Waals surface area contributed by atoms with Crippen molar-refractivity contribution >= 4 is 11.5 Å². The van der Waals surface area contributed by atoms with Crippen LogP contribution < -0.4 is 0 Å². The molecule has 3 rings (SSSR count). The SMILES string of the molecule is CCOC(=O)C1CCCN(CCOC/C=C(/c2ccccc2)c2ccccc2C)C1. The number of rotatable bonds is 9. The van der Waals surface area contributed by atoms with E-state index in [2.05, 4.69) is 66.4 Å². The molecule has 1 saturated heterocycles. The van der Waals surface area contributed by atoms with Gasteiger partial charge in [-0.25, -0.2) is 0 Å². The maximum absolute atomic E-state index is 12.0. The summed E-state index contributed by atoms with van der Waals surface area (Å²) in [6, 6.07) is 18.9. The van der Waals surface area contributed by atoms with Crippen LogP contribution in [0.2, 0.25) is 0 Å². The van der Waals surface area contributed by atoms with Crippen LogP contribution in [0, 0.1) is 12.8 Å². The highest BCUT2D eigenvalue weighted by molar-refractivity contribution is 5.81. The lowest BCUT2D eigenvalue weighted by Crippen LogP contribution is -2.40. The number of carbonyl (C=O) groups excluding carboxylic acids is 1. The molecule has 2 aromatic carbocycles. The van der Waals surface area contributed by atoms with E-state index in [4.69, 9.17) is 9.47 Å². The Labute approximate surface area is 180 Å². The fourth-order valence-electron chi connectivity index (χ4n) is 4.01. The molecule has 4 nitrogen and oxygen atoms in total. The van der Waals surface area contributed by atoms with Gasteiger partial charge in [-0.3, -0.25) is 4.79 Å². The third-order valence-electron chi connectivity index (χ3n) is 5.60. The minimum atomic E-state index is -0.0585. The molecule has 0 spiro atoms. The minimum Gasteiger partial charge on any atom is -0.466 e. The molecule has 1 aliphatic rings. The smallest absolute Gasteiger partial charge is 0.310 e. The average Bonchev–Trinajstić information content (AvgIpc) is 2.78. The van der Waals surface area contributed by atoms with Crippen LogP contribution in [0.1, 0.15) is 36.5 Å². The summed E-state index contributed by atoms with van der Waals surface area (Å²) in [5.41, 5.74) is 4.89. The van der Waals surface area contributed by atoms with Crippen molar-refractivity contribution in [1.82, 2.24) is 4.90 Å². The van der Waals surface area contributed by atoms with Crippen molar-refractivity contribution in [3.05, 3.63) is 77.4 Å². The van der Waals surface area contributed by atoms with E-state index in [1.54, 1.807) is 0 Å². The summed E-state index contributed by atoms with van der Waals surface area (Å²) in [5, 5.41) is 0. The number of piperidine rings is 1. The number of ether oxygens (including phenoxy) is 2. The number of likely N-dealkylation sites (tertiary alicyclic amines) is 1. The summed E-state index contributed by atoms with van der Waals surface area (Å²) in [6.45, 7) is 8.31. The van der Waals surface area contributed by atoms with Gasteiger partial charge in [0.15, 0.2) is 0 Å². The van der Waals surface area contributed by atoms with E-state index < -0.39 is 0 Å². The van der Waals surface area contributed by atoms with Crippen LogP contribution in [0.3, 0.4) is 0 Å². The normalized spacial score (nSPS) is 17.7. The molecule has 2 aromatic rings. The number of esters is 1. The van der Waals surface area contributed by atoms with Crippen LogP contribution in [-0.2, 0) is 14.3 Å². The molecule has 0 aliphatic carbocycles.